The van der Waals surface area contributed by atoms with Gasteiger partial charge in [0.15, 0.2) is 5.96 Å². The van der Waals surface area contributed by atoms with E-state index in [0.717, 1.165) is 64.0 Å². The molecule has 1 unspecified atom stereocenters. The Morgan fingerprint density at radius 2 is 1.79 bits per heavy atom. The van der Waals surface area contributed by atoms with E-state index in [0.29, 0.717) is 5.92 Å². The molecule has 4 rings (SSSR count). The fraction of sp³-hybridized carbons (Fsp3) is 0.435. The lowest BCUT2D eigenvalue weighted by molar-refractivity contribution is 0.172. The SMILES string of the molecule is CN=C(NCC1CCOc2ccccc21)N1CCN(Cc2ccccc2)CC1. The summed E-state index contributed by atoms with van der Waals surface area (Å²) in [5.74, 6) is 2.52. The van der Waals surface area contributed by atoms with E-state index < -0.39 is 0 Å². The number of fused-ring (bicyclic) bond motifs is 1. The summed E-state index contributed by atoms with van der Waals surface area (Å²) in [5, 5.41) is 3.62. The van der Waals surface area contributed by atoms with Gasteiger partial charge in [0, 0.05) is 52.2 Å². The fourth-order valence-electron chi connectivity index (χ4n) is 4.13. The number of nitrogens with zero attached hydrogens (tertiary/aromatic N) is 3. The Morgan fingerprint density at radius 1 is 1.04 bits per heavy atom. The maximum Gasteiger partial charge on any atom is 0.193 e. The highest BCUT2D eigenvalue weighted by Gasteiger charge is 2.23. The fourth-order valence-corrected chi connectivity index (χ4v) is 4.13. The Balaban J connectivity index is 1.29. The van der Waals surface area contributed by atoms with Crippen molar-refractivity contribution in [1.29, 1.82) is 0 Å². The molecule has 0 bridgehead atoms. The summed E-state index contributed by atoms with van der Waals surface area (Å²) in [4.78, 5) is 9.45. The van der Waals surface area contributed by atoms with Crippen LogP contribution in [0.3, 0.4) is 0 Å². The zero-order chi connectivity index (χ0) is 19.2. The van der Waals surface area contributed by atoms with Crippen LogP contribution < -0.4 is 10.1 Å². The molecule has 1 atom stereocenters. The van der Waals surface area contributed by atoms with Gasteiger partial charge in [-0.25, -0.2) is 0 Å². The van der Waals surface area contributed by atoms with Crippen LogP contribution in [0.4, 0.5) is 0 Å². The number of para-hydroxylation sites is 1. The maximum absolute atomic E-state index is 5.79. The van der Waals surface area contributed by atoms with E-state index in [9.17, 15) is 0 Å². The second-order valence-electron chi connectivity index (χ2n) is 7.55. The van der Waals surface area contributed by atoms with Crippen molar-refractivity contribution < 1.29 is 4.74 Å². The van der Waals surface area contributed by atoms with Crippen molar-refractivity contribution in [2.45, 2.75) is 18.9 Å². The zero-order valence-electron chi connectivity index (χ0n) is 16.7. The molecule has 2 heterocycles. The lowest BCUT2D eigenvalue weighted by Gasteiger charge is -2.37. The van der Waals surface area contributed by atoms with Gasteiger partial charge < -0.3 is 15.0 Å². The minimum absolute atomic E-state index is 0.473. The first-order valence-corrected chi connectivity index (χ1v) is 10.3. The van der Waals surface area contributed by atoms with E-state index in [1.807, 2.05) is 13.1 Å². The summed E-state index contributed by atoms with van der Waals surface area (Å²) in [6.45, 7) is 6.87. The molecule has 0 aliphatic carbocycles. The number of ether oxygens (including phenoxy) is 1. The molecule has 1 saturated heterocycles. The van der Waals surface area contributed by atoms with Crippen molar-refractivity contribution in [3.63, 3.8) is 0 Å². The first-order chi connectivity index (χ1) is 13.8. The highest BCUT2D eigenvalue weighted by molar-refractivity contribution is 5.80. The van der Waals surface area contributed by atoms with Gasteiger partial charge in [-0.2, -0.15) is 0 Å². The second kappa shape index (κ2) is 9.11. The van der Waals surface area contributed by atoms with Crippen LogP contribution >= 0.6 is 0 Å². The van der Waals surface area contributed by atoms with Gasteiger partial charge in [0.05, 0.1) is 6.61 Å². The van der Waals surface area contributed by atoms with Crippen molar-refractivity contribution >= 4 is 5.96 Å². The third-order valence-electron chi connectivity index (χ3n) is 5.72. The average Bonchev–Trinajstić information content (AvgIpc) is 2.76. The molecule has 2 aromatic rings. The average molecular weight is 379 g/mol. The second-order valence-corrected chi connectivity index (χ2v) is 7.55. The van der Waals surface area contributed by atoms with Gasteiger partial charge in [-0.1, -0.05) is 48.5 Å². The molecule has 5 nitrogen and oxygen atoms in total. The number of hydrogen-bond donors (Lipinski definition) is 1. The van der Waals surface area contributed by atoms with E-state index >= 15 is 0 Å². The first kappa shape index (κ1) is 18.8. The normalized spacial score (nSPS) is 20.4. The quantitative estimate of drug-likeness (QED) is 0.656. The smallest absolute Gasteiger partial charge is 0.193 e. The molecule has 148 valence electrons. The van der Waals surface area contributed by atoms with Gasteiger partial charge in [0.2, 0.25) is 0 Å². The van der Waals surface area contributed by atoms with Gasteiger partial charge in [-0.05, 0) is 23.6 Å². The van der Waals surface area contributed by atoms with Crippen LogP contribution in [0, 0.1) is 0 Å². The van der Waals surface area contributed by atoms with Gasteiger partial charge in [-0.3, -0.25) is 9.89 Å². The van der Waals surface area contributed by atoms with Crippen molar-refractivity contribution in [3.05, 3.63) is 65.7 Å². The van der Waals surface area contributed by atoms with Crippen molar-refractivity contribution in [2.24, 2.45) is 4.99 Å². The van der Waals surface area contributed by atoms with E-state index in [1.165, 1.54) is 11.1 Å². The maximum atomic E-state index is 5.79. The molecule has 28 heavy (non-hydrogen) atoms. The Hall–Kier alpha value is -2.53. The van der Waals surface area contributed by atoms with Crippen LogP contribution in [-0.4, -0.2) is 62.1 Å². The Labute approximate surface area is 168 Å². The van der Waals surface area contributed by atoms with Gasteiger partial charge in [0.25, 0.3) is 0 Å². The monoisotopic (exact) mass is 378 g/mol. The largest absolute Gasteiger partial charge is 0.493 e. The van der Waals surface area contributed by atoms with Crippen molar-refractivity contribution in [3.8, 4) is 5.75 Å². The molecule has 0 amide bonds. The molecule has 1 fully saturated rings. The minimum Gasteiger partial charge on any atom is -0.493 e. The summed E-state index contributed by atoms with van der Waals surface area (Å²) >= 11 is 0. The van der Waals surface area contributed by atoms with Gasteiger partial charge in [-0.15, -0.1) is 0 Å². The number of aliphatic imine (C=N–C) groups is 1. The molecule has 2 aromatic carbocycles. The summed E-state index contributed by atoms with van der Waals surface area (Å²) in [5.41, 5.74) is 2.70. The van der Waals surface area contributed by atoms with E-state index in [2.05, 4.69) is 68.6 Å². The zero-order valence-corrected chi connectivity index (χ0v) is 16.7. The number of nitrogens with one attached hydrogen (secondary N) is 1. The van der Waals surface area contributed by atoms with E-state index in [1.54, 1.807) is 0 Å². The number of piperazine rings is 1. The van der Waals surface area contributed by atoms with Crippen molar-refractivity contribution in [1.82, 2.24) is 15.1 Å². The molecule has 2 aliphatic rings. The van der Waals surface area contributed by atoms with Gasteiger partial charge >= 0.3 is 0 Å². The summed E-state index contributed by atoms with van der Waals surface area (Å²) in [6, 6.07) is 19.1. The molecular weight excluding hydrogens is 348 g/mol. The van der Waals surface area contributed by atoms with Crippen LogP contribution in [-0.2, 0) is 6.54 Å². The van der Waals surface area contributed by atoms with E-state index in [-0.39, 0.29) is 0 Å². The van der Waals surface area contributed by atoms with Crippen LogP contribution in [0.25, 0.3) is 0 Å². The standard InChI is InChI=1S/C23H30N4O/c1-24-23(25-17-20-11-16-28-22-10-6-5-9-21(20)22)27-14-12-26(13-15-27)18-19-7-3-2-4-8-19/h2-10,20H,11-18H2,1H3,(H,24,25). The molecule has 0 saturated carbocycles. The molecular formula is C23H30N4O. The van der Waals surface area contributed by atoms with Crippen molar-refractivity contribution in [2.75, 3.05) is 46.4 Å². The Bertz CT molecular complexity index is 784. The number of guanidine groups is 1. The molecule has 1 N–H and O–H groups in total. The minimum atomic E-state index is 0.473. The molecule has 5 heteroatoms. The molecule has 0 spiro atoms. The van der Waals surface area contributed by atoms with Crippen LogP contribution in [0.1, 0.15) is 23.5 Å². The highest BCUT2D eigenvalue weighted by atomic mass is 16.5. The molecule has 2 aliphatic heterocycles. The number of hydrogen-bond acceptors (Lipinski definition) is 3. The molecule has 0 radical (unpaired) electrons. The number of rotatable bonds is 4. The summed E-state index contributed by atoms with van der Waals surface area (Å²) < 4.78 is 5.79. The molecule has 0 aromatic heterocycles. The summed E-state index contributed by atoms with van der Waals surface area (Å²) in [7, 11) is 1.89. The predicted molar refractivity (Wildman–Crippen MR) is 114 cm³/mol. The Morgan fingerprint density at radius 3 is 2.57 bits per heavy atom. The lowest BCUT2D eigenvalue weighted by atomic mass is 9.93. The highest BCUT2D eigenvalue weighted by Crippen LogP contribution is 2.32. The lowest BCUT2D eigenvalue weighted by Crippen LogP contribution is -2.52. The van der Waals surface area contributed by atoms with Crippen LogP contribution in [0.2, 0.25) is 0 Å². The first-order valence-electron chi connectivity index (χ1n) is 10.3. The Kier molecular flexibility index (Phi) is 6.12. The van der Waals surface area contributed by atoms with Crippen LogP contribution in [0.5, 0.6) is 5.75 Å². The van der Waals surface area contributed by atoms with Gasteiger partial charge in [0.1, 0.15) is 5.75 Å². The third kappa shape index (κ3) is 4.47. The summed E-state index contributed by atoms with van der Waals surface area (Å²) in [6.07, 6.45) is 1.05. The van der Waals surface area contributed by atoms with E-state index in [4.69, 9.17) is 4.74 Å². The third-order valence-corrected chi connectivity index (χ3v) is 5.72. The topological polar surface area (TPSA) is 40.1 Å². The number of benzene rings is 2. The van der Waals surface area contributed by atoms with Crippen LogP contribution in [0.15, 0.2) is 59.6 Å². The predicted octanol–water partition coefficient (Wildman–Crippen LogP) is 2.95.